The molecule has 0 saturated carbocycles. The zero-order chi connectivity index (χ0) is 31.9. The molecule has 1 fully saturated rings. The maximum absolute atomic E-state index is 14.1. The van der Waals surface area contributed by atoms with Gasteiger partial charge < -0.3 is 15.5 Å². The fourth-order valence-corrected chi connectivity index (χ4v) is 6.98. The summed E-state index contributed by atoms with van der Waals surface area (Å²) in [6.45, 7) is 0.668. The summed E-state index contributed by atoms with van der Waals surface area (Å²) in [6.07, 6.45) is 12.0. The molecule has 2 N–H and O–H groups in total. The van der Waals surface area contributed by atoms with Crippen LogP contribution < -0.4 is 10.6 Å². The van der Waals surface area contributed by atoms with Crippen molar-refractivity contribution in [3.05, 3.63) is 95.6 Å². The number of nitrogens with zero attached hydrogens (tertiary/aromatic N) is 2. The van der Waals surface area contributed by atoms with Gasteiger partial charge in [-0.2, -0.15) is 0 Å². The molecular formula is C35H39BrN4O5. The number of hydrogen-bond donors (Lipinski definition) is 2. The largest absolute Gasteiger partial charge is 0.357 e. The van der Waals surface area contributed by atoms with Crippen molar-refractivity contribution in [2.75, 3.05) is 20.1 Å². The van der Waals surface area contributed by atoms with Crippen molar-refractivity contribution in [1.29, 1.82) is 0 Å². The summed E-state index contributed by atoms with van der Waals surface area (Å²) in [6, 6.07) is 14.4. The van der Waals surface area contributed by atoms with Crippen LogP contribution in [0.15, 0.2) is 78.9 Å². The van der Waals surface area contributed by atoms with Gasteiger partial charge in [0.05, 0.1) is 16.0 Å². The second kappa shape index (κ2) is 14.8. The summed E-state index contributed by atoms with van der Waals surface area (Å²) in [4.78, 5) is 68.4. The number of nitrogens with one attached hydrogen (secondary N) is 2. The molecule has 3 aliphatic rings. The average Bonchev–Trinajstić information content (AvgIpc) is 3.20. The summed E-state index contributed by atoms with van der Waals surface area (Å²) in [5.41, 5.74) is 1.56. The Morgan fingerprint density at radius 2 is 1.62 bits per heavy atom. The van der Waals surface area contributed by atoms with Gasteiger partial charge in [-0.15, -0.1) is 0 Å². The lowest BCUT2D eigenvalue weighted by Gasteiger charge is -2.32. The maximum atomic E-state index is 14.1. The molecule has 1 saturated heterocycles. The Morgan fingerprint density at radius 3 is 2.27 bits per heavy atom. The Kier molecular flexibility index (Phi) is 10.7. The van der Waals surface area contributed by atoms with Crippen molar-refractivity contribution in [1.82, 2.24) is 20.4 Å². The molecule has 45 heavy (non-hydrogen) atoms. The number of allylic oxidation sites excluding steroid dienone is 4. The molecule has 0 aromatic heterocycles. The number of hydrogen-bond acceptors (Lipinski definition) is 5. The van der Waals surface area contributed by atoms with Crippen molar-refractivity contribution in [3.63, 3.8) is 0 Å². The van der Waals surface area contributed by atoms with Gasteiger partial charge in [-0.1, -0.05) is 89.1 Å². The third-order valence-corrected chi connectivity index (χ3v) is 9.84. The van der Waals surface area contributed by atoms with E-state index >= 15 is 0 Å². The number of alkyl halides is 1. The van der Waals surface area contributed by atoms with E-state index in [0.29, 0.717) is 55.3 Å². The lowest BCUT2D eigenvalue weighted by Crippen LogP contribution is -2.52. The van der Waals surface area contributed by atoms with Crippen molar-refractivity contribution >= 4 is 45.5 Å². The highest BCUT2D eigenvalue weighted by Gasteiger charge is 2.41. The Morgan fingerprint density at radius 1 is 0.933 bits per heavy atom. The zero-order valence-electron chi connectivity index (χ0n) is 25.4. The molecule has 0 bridgehead atoms. The summed E-state index contributed by atoms with van der Waals surface area (Å²) >= 11 is 3.51. The predicted octanol–water partition coefficient (Wildman–Crippen LogP) is 4.56. The second-order valence-corrected chi connectivity index (χ2v) is 12.9. The number of amides is 5. The van der Waals surface area contributed by atoms with E-state index in [4.69, 9.17) is 0 Å². The first-order chi connectivity index (χ1) is 21.8. The van der Waals surface area contributed by atoms with E-state index in [9.17, 15) is 24.0 Å². The maximum Gasteiger partial charge on any atom is 0.261 e. The van der Waals surface area contributed by atoms with E-state index in [1.54, 1.807) is 36.2 Å². The Labute approximate surface area is 272 Å². The topological polar surface area (TPSA) is 116 Å². The fourth-order valence-electron chi connectivity index (χ4n) is 6.53. The lowest BCUT2D eigenvalue weighted by atomic mass is 9.81. The van der Waals surface area contributed by atoms with Crippen LogP contribution in [0.25, 0.3) is 0 Å². The van der Waals surface area contributed by atoms with Crippen molar-refractivity contribution in [2.45, 2.75) is 55.4 Å². The standard InChI is InChI=1S/C35H39BrN4O5/c1-37-32(42)30(24-14-6-3-7-15-24)39-21-19-25(23-12-4-2-5-13-23)22-29(35(39)45)38-31(41)28(36)18-10-11-20-40-33(43)26-16-8-9-17-27(26)34(40)44/h2-9,12,14-17,23,25,28-30H,10-11,13,18-22H2,1H3,(H,37,42)(H,38,41)/t23-,25?,28?,29?,30?/m0/s1. The van der Waals surface area contributed by atoms with Gasteiger partial charge >= 0.3 is 0 Å². The smallest absolute Gasteiger partial charge is 0.261 e. The van der Waals surface area contributed by atoms with Crippen molar-refractivity contribution in [2.24, 2.45) is 11.8 Å². The van der Waals surface area contributed by atoms with E-state index in [2.05, 4.69) is 38.7 Å². The van der Waals surface area contributed by atoms with Gasteiger partial charge in [0.2, 0.25) is 17.7 Å². The molecule has 5 atom stereocenters. The molecule has 5 amide bonds. The van der Waals surface area contributed by atoms with Crippen molar-refractivity contribution < 1.29 is 24.0 Å². The van der Waals surface area contributed by atoms with Crippen LogP contribution in [0, 0.1) is 11.8 Å². The molecule has 5 rings (SSSR count). The summed E-state index contributed by atoms with van der Waals surface area (Å²) in [7, 11) is 1.56. The molecule has 4 unspecified atom stereocenters. The molecule has 236 valence electrons. The number of likely N-dealkylation sites (N-methyl/N-ethyl adjacent to an activating group) is 1. The molecule has 9 nitrogen and oxygen atoms in total. The highest BCUT2D eigenvalue weighted by Crippen LogP contribution is 2.34. The predicted molar refractivity (Wildman–Crippen MR) is 174 cm³/mol. The van der Waals surface area contributed by atoms with E-state index in [-0.39, 0.29) is 47.9 Å². The third-order valence-electron chi connectivity index (χ3n) is 8.97. The van der Waals surface area contributed by atoms with E-state index in [1.807, 2.05) is 42.5 Å². The third kappa shape index (κ3) is 7.27. The zero-order valence-corrected chi connectivity index (χ0v) is 26.9. The van der Waals surface area contributed by atoms with Crippen LogP contribution in [-0.4, -0.2) is 70.3 Å². The van der Waals surface area contributed by atoms with Crippen LogP contribution in [0.5, 0.6) is 0 Å². The van der Waals surface area contributed by atoms with E-state index in [1.165, 1.54) is 4.90 Å². The molecule has 0 radical (unpaired) electrons. The highest BCUT2D eigenvalue weighted by molar-refractivity contribution is 9.10. The number of rotatable bonds is 11. The molecule has 2 aromatic carbocycles. The van der Waals surface area contributed by atoms with Crippen LogP contribution >= 0.6 is 15.9 Å². The van der Waals surface area contributed by atoms with Gasteiger partial charge in [0.1, 0.15) is 12.1 Å². The van der Waals surface area contributed by atoms with Gasteiger partial charge in [-0.3, -0.25) is 28.9 Å². The monoisotopic (exact) mass is 674 g/mol. The minimum Gasteiger partial charge on any atom is -0.357 e. The number of carbonyl (C=O) groups is 5. The number of halogens is 1. The van der Waals surface area contributed by atoms with Gasteiger partial charge in [0.25, 0.3) is 11.8 Å². The number of benzene rings is 2. The first kappa shape index (κ1) is 32.3. The van der Waals surface area contributed by atoms with E-state index in [0.717, 1.165) is 6.42 Å². The van der Waals surface area contributed by atoms with Gasteiger partial charge in [0.15, 0.2) is 0 Å². The minimum atomic E-state index is -0.814. The number of likely N-dealkylation sites (tertiary alicyclic amines) is 1. The van der Waals surface area contributed by atoms with Gasteiger partial charge in [0, 0.05) is 20.1 Å². The summed E-state index contributed by atoms with van der Waals surface area (Å²) < 4.78 is 0. The molecule has 2 aliphatic heterocycles. The Bertz CT molecular complexity index is 1460. The number of carbonyl (C=O) groups excluding carboxylic acids is 5. The summed E-state index contributed by atoms with van der Waals surface area (Å²) in [5, 5.41) is 5.73. The van der Waals surface area contributed by atoms with Crippen LogP contribution in [0.4, 0.5) is 0 Å². The molecule has 2 aromatic rings. The van der Waals surface area contributed by atoms with Crippen LogP contribution in [0.3, 0.4) is 0 Å². The quantitative estimate of drug-likeness (QED) is 0.206. The molecule has 10 heteroatoms. The molecule has 2 heterocycles. The van der Waals surface area contributed by atoms with Crippen molar-refractivity contribution in [3.8, 4) is 0 Å². The Balaban J connectivity index is 1.24. The highest BCUT2D eigenvalue weighted by atomic mass is 79.9. The number of fused-ring (bicyclic) bond motifs is 1. The van der Waals surface area contributed by atoms with Gasteiger partial charge in [-0.25, -0.2) is 0 Å². The molecule has 0 spiro atoms. The van der Waals surface area contributed by atoms with Crippen LogP contribution in [0.1, 0.15) is 70.8 Å². The molecule has 1 aliphatic carbocycles. The number of imide groups is 1. The first-order valence-electron chi connectivity index (χ1n) is 15.6. The second-order valence-electron chi connectivity index (χ2n) is 11.8. The first-order valence-corrected chi connectivity index (χ1v) is 16.5. The van der Waals surface area contributed by atoms with Crippen LogP contribution in [-0.2, 0) is 14.4 Å². The van der Waals surface area contributed by atoms with Gasteiger partial charge in [-0.05, 0) is 61.6 Å². The molecular weight excluding hydrogens is 636 g/mol. The lowest BCUT2D eigenvalue weighted by molar-refractivity contribution is -0.142. The fraction of sp³-hybridized carbons (Fsp3) is 0.400. The minimum absolute atomic E-state index is 0.139. The van der Waals surface area contributed by atoms with E-state index < -0.39 is 16.9 Å². The summed E-state index contributed by atoms with van der Waals surface area (Å²) in [5.74, 6) is -1.06. The normalized spacial score (nSPS) is 22.5. The number of unbranched alkanes of at least 4 members (excludes halogenated alkanes) is 1. The van der Waals surface area contributed by atoms with Crippen LogP contribution in [0.2, 0.25) is 0 Å². The SMILES string of the molecule is CNC(=O)C(c1ccccc1)N1CCC([C@H]2C=CC=CC2)CC(NC(=O)C(Br)CCCCN2C(=O)c3ccccc3C2=O)C1=O. The average molecular weight is 676 g/mol. The Hall–Kier alpha value is -4.05.